The first-order valence-corrected chi connectivity index (χ1v) is 7.71. The van der Waals surface area contributed by atoms with Gasteiger partial charge in [-0.3, -0.25) is 9.78 Å². The van der Waals surface area contributed by atoms with E-state index in [1.807, 2.05) is 48.0 Å². The van der Waals surface area contributed by atoms with Gasteiger partial charge in [0.05, 0.1) is 11.9 Å². The Balaban J connectivity index is 1.76. The van der Waals surface area contributed by atoms with Gasteiger partial charge in [-0.1, -0.05) is 23.7 Å². The molecule has 0 radical (unpaired) electrons. The number of benzene rings is 1. The zero-order valence-electron chi connectivity index (χ0n) is 13.0. The van der Waals surface area contributed by atoms with Crippen LogP contribution in [-0.4, -0.2) is 21.7 Å². The fourth-order valence-corrected chi connectivity index (χ4v) is 2.35. The number of nitrogens with zero attached hydrogens (tertiary/aromatic N) is 3. The molecular formula is C18H15ClN4O. The Hall–Kier alpha value is -2.92. The predicted octanol–water partition coefficient (Wildman–Crippen LogP) is 3.60. The Kier molecular flexibility index (Phi) is 4.72. The first kappa shape index (κ1) is 16.0. The maximum absolute atomic E-state index is 11.9. The molecule has 2 aromatic heterocycles. The number of carbonyl (C=O) groups is 1. The molecule has 1 aromatic carbocycles. The third-order valence-corrected chi connectivity index (χ3v) is 3.88. The SMILES string of the molecule is Cc1ccc(-n2cccc2/C=N\NC(=O)c2ccccn2)cc1Cl. The van der Waals surface area contributed by atoms with Gasteiger partial charge in [0.15, 0.2) is 0 Å². The quantitative estimate of drug-likeness (QED) is 0.583. The largest absolute Gasteiger partial charge is 0.316 e. The minimum atomic E-state index is -0.358. The molecule has 120 valence electrons. The third kappa shape index (κ3) is 3.52. The fraction of sp³-hybridized carbons (Fsp3) is 0.0556. The number of amides is 1. The van der Waals surface area contributed by atoms with Crippen LogP contribution in [0.1, 0.15) is 21.7 Å². The Bertz CT molecular complexity index is 887. The van der Waals surface area contributed by atoms with Gasteiger partial charge in [0.1, 0.15) is 5.69 Å². The lowest BCUT2D eigenvalue weighted by Gasteiger charge is -2.08. The predicted molar refractivity (Wildman–Crippen MR) is 94.8 cm³/mol. The highest BCUT2D eigenvalue weighted by Gasteiger charge is 2.05. The number of hydrogen-bond donors (Lipinski definition) is 1. The van der Waals surface area contributed by atoms with E-state index in [0.717, 1.165) is 16.9 Å². The van der Waals surface area contributed by atoms with Crippen molar-refractivity contribution in [1.29, 1.82) is 0 Å². The Morgan fingerprint density at radius 3 is 2.88 bits per heavy atom. The summed E-state index contributed by atoms with van der Waals surface area (Å²) < 4.78 is 1.93. The van der Waals surface area contributed by atoms with E-state index in [2.05, 4.69) is 15.5 Å². The van der Waals surface area contributed by atoms with E-state index in [-0.39, 0.29) is 5.91 Å². The van der Waals surface area contributed by atoms with Gasteiger partial charge in [-0.05, 0) is 48.9 Å². The normalized spacial score (nSPS) is 10.9. The average molecular weight is 339 g/mol. The number of hydrogen-bond acceptors (Lipinski definition) is 3. The van der Waals surface area contributed by atoms with Crippen LogP contribution in [0.25, 0.3) is 5.69 Å². The number of halogens is 1. The molecule has 0 saturated carbocycles. The minimum Gasteiger partial charge on any atom is -0.316 e. The summed E-state index contributed by atoms with van der Waals surface area (Å²) in [4.78, 5) is 15.9. The molecule has 0 aliphatic carbocycles. The molecule has 2 heterocycles. The van der Waals surface area contributed by atoms with Crippen LogP contribution in [0, 0.1) is 6.92 Å². The first-order valence-electron chi connectivity index (χ1n) is 7.33. The van der Waals surface area contributed by atoms with Crippen LogP contribution in [-0.2, 0) is 0 Å². The summed E-state index contributed by atoms with van der Waals surface area (Å²) in [5.74, 6) is -0.358. The summed E-state index contributed by atoms with van der Waals surface area (Å²) >= 11 is 6.19. The Morgan fingerprint density at radius 1 is 1.25 bits per heavy atom. The molecule has 0 bridgehead atoms. The average Bonchev–Trinajstić information content (AvgIpc) is 3.06. The number of rotatable bonds is 4. The zero-order valence-corrected chi connectivity index (χ0v) is 13.7. The number of aryl methyl sites for hydroxylation is 1. The second-order valence-electron chi connectivity index (χ2n) is 5.15. The standard InChI is InChI=1S/C18H15ClN4O/c1-13-7-8-14(11-16(13)19)23-10-4-5-15(23)12-21-22-18(24)17-6-2-3-9-20-17/h2-12H,1H3,(H,22,24)/b21-12-. The summed E-state index contributed by atoms with van der Waals surface area (Å²) in [6.07, 6.45) is 5.04. The van der Waals surface area contributed by atoms with Crippen LogP contribution in [0.15, 0.2) is 66.0 Å². The molecule has 1 N–H and O–H groups in total. The van der Waals surface area contributed by atoms with E-state index >= 15 is 0 Å². The van der Waals surface area contributed by atoms with Crippen molar-refractivity contribution in [2.45, 2.75) is 6.92 Å². The minimum absolute atomic E-state index is 0.315. The van der Waals surface area contributed by atoms with E-state index in [4.69, 9.17) is 11.6 Å². The summed E-state index contributed by atoms with van der Waals surface area (Å²) in [7, 11) is 0. The lowest BCUT2D eigenvalue weighted by molar-refractivity contribution is 0.0950. The van der Waals surface area contributed by atoms with Gasteiger partial charge < -0.3 is 4.57 Å². The number of aromatic nitrogens is 2. The summed E-state index contributed by atoms with van der Waals surface area (Å²) in [5.41, 5.74) is 5.54. The molecule has 5 nitrogen and oxygen atoms in total. The van der Waals surface area contributed by atoms with Crippen molar-refractivity contribution >= 4 is 23.7 Å². The maximum Gasteiger partial charge on any atom is 0.289 e. The Labute approximate surface area is 144 Å². The molecule has 0 spiro atoms. The summed E-state index contributed by atoms with van der Waals surface area (Å²) in [5, 5.41) is 4.70. The molecule has 24 heavy (non-hydrogen) atoms. The van der Waals surface area contributed by atoms with Gasteiger partial charge in [-0.25, -0.2) is 5.43 Å². The van der Waals surface area contributed by atoms with Gasteiger partial charge in [-0.2, -0.15) is 5.10 Å². The first-order chi connectivity index (χ1) is 11.6. The van der Waals surface area contributed by atoms with Crippen molar-refractivity contribution in [2.75, 3.05) is 0 Å². The van der Waals surface area contributed by atoms with Crippen LogP contribution >= 0.6 is 11.6 Å². The molecule has 0 atom stereocenters. The van der Waals surface area contributed by atoms with Crippen LogP contribution in [0.2, 0.25) is 5.02 Å². The van der Waals surface area contributed by atoms with Crippen LogP contribution in [0.3, 0.4) is 0 Å². The van der Waals surface area contributed by atoms with Gasteiger partial charge >= 0.3 is 0 Å². The molecule has 3 aromatic rings. The van der Waals surface area contributed by atoms with Crippen LogP contribution in [0.5, 0.6) is 0 Å². The molecule has 0 unspecified atom stereocenters. The Morgan fingerprint density at radius 2 is 2.12 bits per heavy atom. The van der Waals surface area contributed by atoms with Crippen molar-refractivity contribution in [2.24, 2.45) is 5.10 Å². The molecule has 0 aliphatic rings. The fourth-order valence-electron chi connectivity index (χ4n) is 2.18. The molecule has 6 heteroatoms. The van der Waals surface area contributed by atoms with Gasteiger partial charge in [0.25, 0.3) is 5.91 Å². The highest BCUT2D eigenvalue weighted by atomic mass is 35.5. The lowest BCUT2D eigenvalue weighted by atomic mass is 10.2. The number of pyridine rings is 1. The van der Waals surface area contributed by atoms with E-state index < -0.39 is 0 Å². The molecule has 0 saturated heterocycles. The zero-order chi connectivity index (χ0) is 16.9. The molecular weight excluding hydrogens is 324 g/mol. The van der Waals surface area contributed by atoms with Crippen LogP contribution in [0.4, 0.5) is 0 Å². The highest BCUT2D eigenvalue weighted by Crippen LogP contribution is 2.20. The molecule has 3 rings (SSSR count). The molecule has 0 aliphatic heterocycles. The van der Waals surface area contributed by atoms with Crippen LogP contribution < -0.4 is 5.43 Å². The van der Waals surface area contributed by atoms with Crippen molar-refractivity contribution < 1.29 is 4.79 Å². The summed E-state index contributed by atoms with van der Waals surface area (Å²) in [6.45, 7) is 1.96. The maximum atomic E-state index is 11.9. The van der Waals surface area contributed by atoms with Gasteiger partial charge in [0.2, 0.25) is 0 Å². The van der Waals surface area contributed by atoms with E-state index in [9.17, 15) is 4.79 Å². The van der Waals surface area contributed by atoms with Crippen molar-refractivity contribution in [3.8, 4) is 5.69 Å². The second kappa shape index (κ2) is 7.10. The molecule has 0 fully saturated rings. The summed E-state index contributed by atoms with van der Waals surface area (Å²) in [6, 6.07) is 14.7. The van der Waals surface area contributed by atoms with E-state index in [1.54, 1.807) is 30.6 Å². The smallest absolute Gasteiger partial charge is 0.289 e. The lowest BCUT2D eigenvalue weighted by Crippen LogP contribution is -2.18. The third-order valence-electron chi connectivity index (χ3n) is 3.47. The van der Waals surface area contributed by atoms with Crippen molar-refractivity contribution in [3.05, 3.63) is 82.9 Å². The number of carbonyl (C=O) groups excluding carboxylic acids is 1. The topological polar surface area (TPSA) is 59.3 Å². The second-order valence-corrected chi connectivity index (χ2v) is 5.56. The van der Waals surface area contributed by atoms with Gasteiger partial charge in [-0.15, -0.1) is 0 Å². The van der Waals surface area contributed by atoms with E-state index in [0.29, 0.717) is 10.7 Å². The number of nitrogens with one attached hydrogen (secondary N) is 1. The molecule has 1 amide bonds. The highest BCUT2D eigenvalue weighted by molar-refractivity contribution is 6.31. The van der Waals surface area contributed by atoms with E-state index in [1.165, 1.54) is 0 Å². The monoisotopic (exact) mass is 338 g/mol. The van der Waals surface area contributed by atoms with Gasteiger partial charge in [0, 0.05) is 23.1 Å². The number of hydrazone groups is 1. The van der Waals surface area contributed by atoms with Crippen molar-refractivity contribution in [1.82, 2.24) is 15.0 Å². The van der Waals surface area contributed by atoms with Crippen molar-refractivity contribution in [3.63, 3.8) is 0 Å².